The van der Waals surface area contributed by atoms with E-state index in [4.69, 9.17) is 0 Å². The molecule has 1 aromatic rings. The molecule has 0 unspecified atom stereocenters. The maximum Gasteiger partial charge on any atom is 0.268 e. The fourth-order valence-electron chi connectivity index (χ4n) is 3.27. The molecule has 0 aliphatic heterocycles. The average molecular weight is 292 g/mol. The van der Waals surface area contributed by atoms with E-state index in [-0.39, 0.29) is 23.7 Å². The van der Waals surface area contributed by atoms with Gasteiger partial charge in [-0.05, 0) is 38.7 Å². The van der Waals surface area contributed by atoms with Crippen LogP contribution < -0.4 is 5.32 Å². The largest absolute Gasteiger partial charge is 0.393 e. The minimum atomic E-state index is -0.311. The summed E-state index contributed by atoms with van der Waals surface area (Å²) in [7, 11) is 0. The van der Waals surface area contributed by atoms with Gasteiger partial charge in [-0.15, -0.1) is 0 Å². The third kappa shape index (κ3) is 3.18. The molecule has 1 aromatic heterocycles. The molecule has 21 heavy (non-hydrogen) atoms. The van der Waals surface area contributed by atoms with Gasteiger partial charge in [-0.2, -0.15) is 0 Å². The van der Waals surface area contributed by atoms with Crippen LogP contribution in [0.2, 0.25) is 0 Å². The Balaban J connectivity index is 2.12. The first-order chi connectivity index (χ1) is 9.95. The van der Waals surface area contributed by atoms with Crippen LogP contribution in [0, 0.1) is 12.8 Å². The minimum absolute atomic E-state index is 0.0223. The highest BCUT2D eigenvalue weighted by Gasteiger charge is 2.27. The summed E-state index contributed by atoms with van der Waals surface area (Å²) < 4.78 is 0. The van der Waals surface area contributed by atoms with Crippen LogP contribution in [0.1, 0.15) is 65.2 Å². The van der Waals surface area contributed by atoms with E-state index in [1.807, 2.05) is 13.8 Å². The van der Waals surface area contributed by atoms with Crippen molar-refractivity contribution >= 4 is 11.7 Å². The highest BCUT2D eigenvalue weighted by atomic mass is 16.3. The van der Waals surface area contributed by atoms with Crippen LogP contribution in [0.4, 0.5) is 0 Å². The second-order valence-corrected chi connectivity index (χ2v) is 5.86. The van der Waals surface area contributed by atoms with Crippen LogP contribution in [0.5, 0.6) is 0 Å². The Bertz CT molecular complexity index is 548. The normalized spacial score (nSPS) is 21.5. The van der Waals surface area contributed by atoms with Crippen molar-refractivity contribution in [1.29, 1.82) is 0 Å². The monoisotopic (exact) mass is 292 g/mol. The van der Waals surface area contributed by atoms with Gasteiger partial charge in [0.1, 0.15) is 5.69 Å². The van der Waals surface area contributed by atoms with Crippen LogP contribution in [-0.4, -0.2) is 34.4 Å². The van der Waals surface area contributed by atoms with Crippen LogP contribution in [-0.2, 0) is 6.42 Å². The van der Waals surface area contributed by atoms with Gasteiger partial charge in [0.15, 0.2) is 5.78 Å². The van der Waals surface area contributed by atoms with E-state index in [0.717, 1.165) is 30.5 Å². The van der Waals surface area contributed by atoms with Gasteiger partial charge in [-0.3, -0.25) is 9.59 Å². The summed E-state index contributed by atoms with van der Waals surface area (Å²) in [4.78, 5) is 27.1. The Kier molecular flexibility index (Phi) is 4.83. The van der Waals surface area contributed by atoms with Gasteiger partial charge in [0.05, 0.1) is 6.10 Å². The van der Waals surface area contributed by atoms with Crippen LogP contribution >= 0.6 is 0 Å². The number of carbonyl (C=O) groups excluding carboxylic acids is 2. The zero-order chi connectivity index (χ0) is 15.6. The molecule has 5 heteroatoms. The predicted octanol–water partition coefficient (Wildman–Crippen LogP) is 1.98. The van der Waals surface area contributed by atoms with Crippen molar-refractivity contribution in [3.8, 4) is 0 Å². The van der Waals surface area contributed by atoms with E-state index in [1.165, 1.54) is 6.92 Å². The Labute approximate surface area is 125 Å². The fourth-order valence-corrected chi connectivity index (χ4v) is 3.27. The number of aromatic amines is 1. The Morgan fingerprint density at radius 1 is 1.38 bits per heavy atom. The first-order valence-electron chi connectivity index (χ1n) is 7.64. The first-order valence-corrected chi connectivity index (χ1v) is 7.64. The molecule has 1 heterocycles. The fraction of sp³-hybridized carbons (Fsp3) is 0.625. The van der Waals surface area contributed by atoms with Crippen LogP contribution in [0.25, 0.3) is 0 Å². The molecular formula is C16H24N2O3. The number of nitrogens with one attached hydrogen (secondary N) is 2. The number of carbonyl (C=O) groups is 2. The smallest absolute Gasteiger partial charge is 0.268 e. The Morgan fingerprint density at radius 2 is 2.10 bits per heavy atom. The molecule has 3 N–H and O–H groups in total. The lowest BCUT2D eigenvalue weighted by molar-refractivity contribution is 0.0911. The maximum atomic E-state index is 12.3. The van der Waals surface area contributed by atoms with Crippen molar-refractivity contribution in [3.63, 3.8) is 0 Å². The number of hydrogen-bond acceptors (Lipinski definition) is 3. The van der Waals surface area contributed by atoms with Crippen molar-refractivity contribution in [1.82, 2.24) is 10.3 Å². The number of aryl methyl sites for hydroxylation is 1. The number of amides is 1. The number of hydrogen-bond donors (Lipinski definition) is 3. The molecular weight excluding hydrogens is 268 g/mol. The van der Waals surface area contributed by atoms with Gasteiger partial charge in [0.2, 0.25) is 0 Å². The standard InChI is InChI=1S/C16H24N2O3/c1-4-12-14(10(3)19)9(2)18-15(12)16(21)17-8-11-6-5-7-13(11)20/h11,13,18,20H,4-8H2,1-3H3,(H,17,21)/t11-,13+/m1/s1. The predicted molar refractivity (Wildman–Crippen MR) is 80.6 cm³/mol. The van der Waals surface area contributed by atoms with Gasteiger partial charge in [0, 0.05) is 23.7 Å². The topological polar surface area (TPSA) is 82.2 Å². The number of aromatic nitrogens is 1. The third-order valence-corrected chi connectivity index (χ3v) is 4.37. The van der Waals surface area contributed by atoms with Crippen molar-refractivity contribution < 1.29 is 14.7 Å². The van der Waals surface area contributed by atoms with Crippen molar-refractivity contribution in [2.45, 2.75) is 52.6 Å². The zero-order valence-electron chi connectivity index (χ0n) is 13.0. The van der Waals surface area contributed by atoms with Crippen molar-refractivity contribution in [2.24, 2.45) is 5.92 Å². The summed E-state index contributed by atoms with van der Waals surface area (Å²) in [6.45, 7) is 5.75. The van der Waals surface area contributed by atoms with Crippen LogP contribution in [0.3, 0.4) is 0 Å². The SMILES string of the molecule is CCc1c(C(=O)NC[C@H]2CCC[C@@H]2O)[nH]c(C)c1C(C)=O. The second-order valence-electron chi connectivity index (χ2n) is 5.86. The summed E-state index contributed by atoms with van der Waals surface area (Å²) in [5, 5.41) is 12.7. The molecule has 0 radical (unpaired) electrons. The molecule has 1 aliphatic carbocycles. The van der Waals surface area contributed by atoms with Gasteiger partial charge in [-0.1, -0.05) is 13.3 Å². The quantitative estimate of drug-likeness (QED) is 0.726. The second kappa shape index (κ2) is 6.43. The van der Waals surface area contributed by atoms with Gasteiger partial charge in [-0.25, -0.2) is 0 Å². The molecule has 0 saturated heterocycles. The number of rotatable bonds is 5. The zero-order valence-corrected chi connectivity index (χ0v) is 13.0. The minimum Gasteiger partial charge on any atom is -0.393 e. The molecule has 1 aliphatic rings. The molecule has 0 aromatic carbocycles. The van der Waals surface area contributed by atoms with Gasteiger partial charge >= 0.3 is 0 Å². The van der Waals surface area contributed by atoms with E-state index >= 15 is 0 Å². The van der Waals surface area contributed by atoms with Crippen molar-refractivity contribution in [3.05, 3.63) is 22.5 Å². The van der Waals surface area contributed by atoms with E-state index in [0.29, 0.717) is 24.2 Å². The maximum absolute atomic E-state index is 12.3. The molecule has 1 saturated carbocycles. The third-order valence-electron chi connectivity index (χ3n) is 4.37. The molecule has 2 rings (SSSR count). The first kappa shape index (κ1) is 15.8. The summed E-state index contributed by atoms with van der Waals surface area (Å²) >= 11 is 0. The highest BCUT2D eigenvalue weighted by Crippen LogP contribution is 2.25. The number of ketones is 1. The summed E-state index contributed by atoms with van der Waals surface area (Å²) in [5.74, 6) is -0.0743. The molecule has 1 amide bonds. The lowest BCUT2D eigenvalue weighted by Crippen LogP contribution is -2.33. The van der Waals surface area contributed by atoms with E-state index < -0.39 is 0 Å². The van der Waals surface area contributed by atoms with E-state index in [2.05, 4.69) is 10.3 Å². The number of Topliss-reactive ketones (excluding diaryl/α,β-unsaturated/α-hetero) is 1. The lowest BCUT2D eigenvalue weighted by atomic mass is 10.0. The average Bonchev–Trinajstić information content (AvgIpc) is 2.99. The number of aliphatic hydroxyl groups excluding tert-OH is 1. The molecule has 2 atom stereocenters. The number of H-pyrrole nitrogens is 1. The summed E-state index contributed by atoms with van der Waals surface area (Å²) in [5.41, 5.74) is 2.63. The Morgan fingerprint density at radius 3 is 2.62 bits per heavy atom. The van der Waals surface area contributed by atoms with Gasteiger partial charge < -0.3 is 15.4 Å². The summed E-state index contributed by atoms with van der Waals surface area (Å²) in [6.07, 6.45) is 3.10. The molecule has 1 fully saturated rings. The summed E-state index contributed by atoms with van der Waals surface area (Å²) in [6, 6.07) is 0. The number of aliphatic hydroxyl groups is 1. The van der Waals surface area contributed by atoms with E-state index in [1.54, 1.807) is 0 Å². The Hall–Kier alpha value is -1.62. The molecule has 116 valence electrons. The molecule has 0 bridgehead atoms. The van der Waals surface area contributed by atoms with Gasteiger partial charge in [0.25, 0.3) is 5.91 Å². The lowest BCUT2D eigenvalue weighted by Gasteiger charge is -2.15. The molecule has 5 nitrogen and oxygen atoms in total. The molecule has 0 spiro atoms. The van der Waals surface area contributed by atoms with Crippen LogP contribution in [0.15, 0.2) is 0 Å². The highest BCUT2D eigenvalue weighted by molar-refractivity contribution is 6.02. The van der Waals surface area contributed by atoms with Crippen molar-refractivity contribution in [2.75, 3.05) is 6.54 Å². The van der Waals surface area contributed by atoms with E-state index in [9.17, 15) is 14.7 Å².